The van der Waals surface area contributed by atoms with Crippen LogP contribution in [0.15, 0.2) is 69.7 Å². The number of amides is 1. The van der Waals surface area contributed by atoms with Gasteiger partial charge in [0.2, 0.25) is 0 Å². The van der Waals surface area contributed by atoms with Crippen LogP contribution >= 0.6 is 15.9 Å². The highest BCUT2D eigenvalue weighted by Gasteiger charge is 2.19. The first-order valence-electron chi connectivity index (χ1n) is 9.14. The first-order chi connectivity index (χ1) is 14.0. The van der Waals surface area contributed by atoms with Crippen LogP contribution in [0.5, 0.6) is 5.75 Å². The molecular formula is C22H20BrN3O3. The number of hydrogen-bond acceptors (Lipinski definition) is 4. The van der Waals surface area contributed by atoms with Crippen LogP contribution in [0.3, 0.4) is 0 Å². The van der Waals surface area contributed by atoms with Gasteiger partial charge in [-0.2, -0.15) is 5.10 Å². The first-order valence-corrected chi connectivity index (χ1v) is 9.93. The number of carbonyl (C=O) groups is 1. The molecule has 0 fully saturated rings. The maximum atomic E-state index is 12.7. The van der Waals surface area contributed by atoms with E-state index in [0.717, 1.165) is 26.7 Å². The Balaban J connectivity index is 1.43. The highest BCUT2D eigenvalue weighted by Crippen LogP contribution is 2.26. The van der Waals surface area contributed by atoms with Crippen molar-refractivity contribution in [2.45, 2.75) is 13.2 Å². The second-order valence-electron chi connectivity index (χ2n) is 6.76. The van der Waals surface area contributed by atoms with Crippen molar-refractivity contribution in [1.29, 1.82) is 0 Å². The summed E-state index contributed by atoms with van der Waals surface area (Å²) in [6.07, 6.45) is 1.71. The molecule has 0 N–H and O–H groups in total. The summed E-state index contributed by atoms with van der Waals surface area (Å²) in [6, 6.07) is 17.4. The van der Waals surface area contributed by atoms with Crippen LogP contribution < -0.4 is 4.74 Å². The predicted octanol–water partition coefficient (Wildman–Crippen LogP) is 4.78. The standard InChI is InChI=1S/C22H20BrN3O3/c1-25(13-19-18(23)12-24-26(19)2)22(27)21-11-10-16(29-21)14-28-20-9-5-7-15-6-3-4-8-17(15)20/h3-12H,13-14H2,1-2H3. The Bertz CT molecular complexity index is 1140. The third-order valence-electron chi connectivity index (χ3n) is 4.74. The van der Waals surface area contributed by atoms with E-state index < -0.39 is 0 Å². The molecule has 2 aromatic carbocycles. The number of benzene rings is 2. The minimum Gasteiger partial charge on any atom is -0.485 e. The summed E-state index contributed by atoms with van der Waals surface area (Å²) in [5.74, 6) is 1.46. The van der Waals surface area contributed by atoms with Crippen LogP contribution in [0, 0.1) is 0 Å². The average molecular weight is 454 g/mol. The third kappa shape index (κ3) is 4.05. The van der Waals surface area contributed by atoms with Gasteiger partial charge in [0.25, 0.3) is 5.91 Å². The minimum absolute atomic E-state index is 0.200. The van der Waals surface area contributed by atoms with E-state index in [0.29, 0.717) is 12.3 Å². The molecule has 2 aromatic heterocycles. The quantitative estimate of drug-likeness (QED) is 0.421. The van der Waals surface area contributed by atoms with Crippen molar-refractivity contribution in [1.82, 2.24) is 14.7 Å². The number of aromatic nitrogens is 2. The molecule has 0 aliphatic heterocycles. The van der Waals surface area contributed by atoms with Crippen LogP contribution in [0.4, 0.5) is 0 Å². The molecule has 0 aliphatic carbocycles. The van der Waals surface area contributed by atoms with Gasteiger partial charge in [-0.3, -0.25) is 9.48 Å². The van der Waals surface area contributed by atoms with Crippen molar-refractivity contribution in [3.63, 3.8) is 0 Å². The number of fused-ring (bicyclic) bond motifs is 1. The number of halogens is 1. The zero-order valence-corrected chi connectivity index (χ0v) is 17.7. The van der Waals surface area contributed by atoms with Crippen molar-refractivity contribution in [3.8, 4) is 5.75 Å². The topological polar surface area (TPSA) is 60.5 Å². The summed E-state index contributed by atoms with van der Waals surface area (Å²) in [4.78, 5) is 14.3. The number of rotatable bonds is 6. The van der Waals surface area contributed by atoms with Gasteiger partial charge >= 0.3 is 0 Å². The van der Waals surface area contributed by atoms with E-state index in [9.17, 15) is 4.79 Å². The molecule has 0 saturated heterocycles. The average Bonchev–Trinajstić information content (AvgIpc) is 3.33. The zero-order valence-electron chi connectivity index (χ0n) is 16.1. The summed E-state index contributed by atoms with van der Waals surface area (Å²) in [5.41, 5.74) is 0.909. The van der Waals surface area contributed by atoms with Gasteiger partial charge < -0.3 is 14.1 Å². The molecule has 0 atom stereocenters. The fourth-order valence-corrected chi connectivity index (χ4v) is 3.61. The maximum Gasteiger partial charge on any atom is 0.289 e. The Labute approximate surface area is 176 Å². The van der Waals surface area contributed by atoms with Crippen LogP contribution in [-0.4, -0.2) is 27.6 Å². The van der Waals surface area contributed by atoms with E-state index in [1.54, 1.807) is 35.0 Å². The van der Waals surface area contributed by atoms with E-state index in [1.807, 2.05) is 49.5 Å². The minimum atomic E-state index is -0.200. The Morgan fingerprint density at radius 2 is 1.97 bits per heavy atom. The second-order valence-corrected chi connectivity index (χ2v) is 7.61. The largest absolute Gasteiger partial charge is 0.485 e. The second kappa shape index (κ2) is 8.13. The summed E-state index contributed by atoms with van der Waals surface area (Å²) in [7, 11) is 3.57. The molecule has 2 heterocycles. The summed E-state index contributed by atoms with van der Waals surface area (Å²) in [6.45, 7) is 0.663. The van der Waals surface area contributed by atoms with E-state index in [4.69, 9.17) is 9.15 Å². The number of carbonyl (C=O) groups excluding carboxylic acids is 1. The van der Waals surface area contributed by atoms with Crippen LogP contribution in [0.25, 0.3) is 10.8 Å². The zero-order chi connectivity index (χ0) is 20.4. The molecule has 0 bridgehead atoms. The Morgan fingerprint density at radius 1 is 1.17 bits per heavy atom. The van der Waals surface area contributed by atoms with Gasteiger partial charge in [0.15, 0.2) is 5.76 Å². The number of hydrogen-bond donors (Lipinski definition) is 0. The number of nitrogens with zero attached hydrogens (tertiary/aromatic N) is 3. The molecule has 4 aromatic rings. The molecule has 0 radical (unpaired) electrons. The maximum absolute atomic E-state index is 12.7. The van der Waals surface area contributed by atoms with Gasteiger partial charge in [0.05, 0.1) is 22.9 Å². The number of furan rings is 1. The van der Waals surface area contributed by atoms with Crippen LogP contribution in [0.2, 0.25) is 0 Å². The molecule has 0 aliphatic rings. The van der Waals surface area contributed by atoms with Crippen molar-refractivity contribution in [2.24, 2.45) is 7.05 Å². The molecule has 0 saturated carbocycles. The molecule has 1 amide bonds. The van der Waals surface area contributed by atoms with Gasteiger partial charge in [-0.15, -0.1) is 0 Å². The van der Waals surface area contributed by atoms with Gasteiger partial charge in [-0.25, -0.2) is 0 Å². The van der Waals surface area contributed by atoms with Gasteiger partial charge in [0, 0.05) is 19.5 Å². The lowest BCUT2D eigenvalue weighted by Crippen LogP contribution is -2.27. The number of ether oxygens (including phenoxy) is 1. The molecule has 4 rings (SSSR count). The Kier molecular flexibility index (Phi) is 5.40. The Hall–Kier alpha value is -3.06. The molecule has 6 nitrogen and oxygen atoms in total. The molecule has 29 heavy (non-hydrogen) atoms. The fourth-order valence-electron chi connectivity index (χ4n) is 3.14. The Morgan fingerprint density at radius 3 is 2.76 bits per heavy atom. The normalized spacial score (nSPS) is 11.0. The van der Waals surface area contributed by atoms with E-state index in [2.05, 4.69) is 21.0 Å². The SMILES string of the molecule is CN(Cc1c(Br)cnn1C)C(=O)c1ccc(COc2cccc3ccccc23)o1. The van der Waals surface area contributed by atoms with Crippen molar-refractivity contribution >= 4 is 32.6 Å². The van der Waals surface area contributed by atoms with Crippen molar-refractivity contribution in [2.75, 3.05) is 7.05 Å². The molecule has 148 valence electrons. The highest BCUT2D eigenvalue weighted by molar-refractivity contribution is 9.10. The van der Waals surface area contributed by atoms with Crippen molar-refractivity contribution in [3.05, 3.63) is 82.5 Å². The number of aryl methyl sites for hydroxylation is 1. The van der Waals surface area contributed by atoms with E-state index >= 15 is 0 Å². The molecule has 7 heteroatoms. The van der Waals surface area contributed by atoms with Gasteiger partial charge in [-0.05, 0) is 39.5 Å². The lowest BCUT2D eigenvalue weighted by Gasteiger charge is -2.16. The lowest BCUT2D eigenvalue weighted by atomic mass is 10.1. The smallest absolute Gasteiger partial charge is 0.289 e. The molecule has 0 spiro atoms. The molecular weight excluding hydrogens is 434 g/mol. The predicted molar refractivity (Wildman–Crippen MR) is 114 cm³/mol. The molecule has 0 unspecified atom stereocenters. The van der Waals surface area contributed by atoms with E-state index in [1.165, 1.54) is 0 Å². The lowest BCUT2D eigenvalue weighted by molar-refractivity contribution is 0.0746. The summed E-state index contributed by atoms with van der Waals surface area (Å²) < 4.78 is 14.3. The van der Waals surface area contributed by atoms with E-state index in [-0.39, 0.29) is 18.3 Å². The summed E-state index contributed by atoms with van der Waals surface area (Å²) >= 11 is 3.45. The van der Waals surface area contributed by atoms with Gasteiger partial charge in [-0.1, -0.05) is 36.4 Å². The van der Waals surface area contributed by atoms with Crippen LogP contribution in [-0.2, 0) is 20.2 Å². The third-order valence-corrected chi connectivity index (χ3v) is 5.40. The summed E-state index contributed by atoms with van der Waals surface area (Å²) in [5, 5.41) is 6.33. The monoisotopic (exact) mass is 453 g/mol. The van der Waals surface area contributed by atoms with Crippen LogP contribution in [0.1, 0.15) is 22.0 Å². The van der Waals surface area contributed by atoms with Crippen molar-refractivity contribution < 1.29 is 13.9 Å². The highest BCUT2D eigenvalue weighted by atomic mass is 79.9. The fraction of sp³-hybridized carbons (Fsp3) is 0.182. The van der Waals surface area contributed by atoms with Gasteiger partial charge in [0.1, 0.15) is 18.1 Å². The first kappa shape index (κ1) is 19.3.